The molecule has 25 heavy (non-hydrogen) atoms. The van der Waals surface area contributed by atoms with E-state index in [0.29, 0.717) is 17.4 Å². The average molecular weight is 339 g/mol. The summed E-state index contributed by atoms with van der Waals surface area (Å²) < 4.78 is 0. The minimum atomic E-state index is 0.252. The van der Waals surface area contributed by atoms with Crippen LogP contribution in [0.3, 0.4) is 0 Å². The Balaban J connectivity index is 1.83. The number of hydrogen-bond acceptors (Lipinski definition) is 3. The molecule has 0 aliphatic carbocycles. The summed E-state index contributed by atoms with van der Waals surface area (Å²) in [5, 5.41) is 20.2. The average Bonchev–Trinajstić information content (AvgIpc) is 2.61. The lowest BCUT2D eigenvalue weighted by Crippen LogP contribution is -2.33. The van der Waals surface area contributed by atoms with E-state index in [1.54, 1.807) is 12.1 Å². The predicted octanol–water partition coefficient (Wildman–Crippen LogP) is 5.42. The Kier molecular flexibility index (Phi) is 5.52. The summed E-state index contributed by atoms with van der Waals surface area (Å²) >= 11 is 0. The highest BCUT2D eigenvalue weighted by Gasteiger charge is 2.26. The van der Waals surface area contributed by atoms with Crippen LogP contribution in [0.2, 0.25) is 0 Å². The summed E-state index contributed by atoms with van der Waals surface area (Å²) in [5.74, 6) is 1.35. The summed E-state index contributed by atoms with van der Waals surface area (Å²) in [6, 6.07) is 13.9. The van der Waals surface area contributed by atoms with Gasteiger partial charge in [0.15, 0.2) is 0 Å². The summed E-state index contributed by atoms with van der Waals surface area (Å²) in [5.41, 5.74) is 3.32. The van der Waals surface area contributed by atoms with Gasteiger partial charge in [0.1, 0.15) is 11.5 Å². The number of benzene rings is 2. The van der Waals surface area contributed by atoms with Crippen molar-refractivity contribution >= 4 is 5.69 Å². The number of phenols is 2. The third-order valence-electron chi connectivity index (χ3n) is 5.14. The number of anilines is 1. The Morgan fingerprint density at radius 1 is 1.04 bits per heavy atom. The Morgan fingerprint density at radius 2 is 1.80 bits per heavy atom. The fraction of sp³-hybridized carbons (Fsp3) is 0.455. The van der Waals surface area contributed by atoms with Gasteiger partial charge < -0.3 is 15.1 Å². The van der Waals surface area contributed by atoms with Gasteiger partial charge in [-0.2, -0.15) is 0 Å². The number of hydrogen-bond donors (Lipinski definition) is 2. The molecule has 0 bridgehead atoms. The molecule has 0 saturated carbocycles. The Morgan fingerprint density at radius 3 is 2.48 bits per heavy atom. The molecule has 134 valence electrons. The zero-order valence-corrected chi connectivity index (χ0v) is 15.3. The van der Waals surface area contributed by atoms with Gasteiger partial charge in [-0.05, 0) is 73.4 Å². The lowest BCUT2D eigenvalue weighted by atomic mass is 9.94. The fourth-order valence-electron chi connectivity index (χ4n) is 3.69. The molecule has 2 N–H and O–H groups in total. The Hall–Kier alpha value is -2.16. The van der Waals surface area contributed by atoms with Crippen LogP contribution in [0.25, 0.3) is 0 Å². The van der Waals surface area contributed by atoms with Gasteiger partial charge in [-0.3, -0.25) is 0 Å². The molecule has 1 heterocycles. The monoisotopic (exact) mass is 339 g/mol. The molecule has 1 saturated heterocycles. The van der Waals surface area contributed by atoms with Crippen LogP contribution in [-0.4, -0.2) is 16.8 Å². The minimum Gasteiger partial charge on any atom is -0.508 e. The van der Waals surface area contributed by atoms with Crippen LogP contribution in [-0.2, 0) is 6.42 Å². The van der Waals surface area contributed by atoms with Crippen LogP contribution in [0.4, 0.5) is 5.69 Å². The number of aromatic hydroxyl groups is 2. The second-order valence-corrected chi connectivity index (χ2v) is 7.55. The van der Waals surface area contributed by atoms with Crippen molar-refractivity contribution in [3.05, 3.63) is 53.6 Å². The fourth-order valence-corrected chi connectivity index (χ4v) is 3.69. The second-order valence-electron chi connectivity index (χ2n) is 7.55. The summed E-state index contributed by atoms with van der Waals surface area (Å²) in [4.78, 5) is 2.32. The maximum atomic E-state index is 10.6. The normalized spacial score (nSPS) is 17.9. The van der Waals surface area contributed by atoms with Crippen LogP contribution < -0.4 is 4.90 Å². The first-order valence-corrected chi connectivity index (χ1v) is 9.42. The van der Waals surface area contributed by atoms with Gasteiger partial charge in [0.05, 0.1) is 11.7 Å². The zero-order valence-electron chi connectivity index (χ0n) is 15.3. The third kappa shape index (κ3) is 4.28. The Labute approximate surface area is 150 Å². The quantitative estimate of drug-likeness (QED) is 0.764. The standard InChI is InChI=1S/C22H29NO2/c1-16(2)6-7-17-8-13-21(22(25)15-17)23-14-4-3-5-20(23)18-9-11-19(24)12-10-18/h8-13,15-16,20,24-25H,3-7,14H2,1-2H3/t20-/m0/s1. The van der Waals surface area contributed by atoms with E-state index < -0.39 is 0 Å². The van der Waals surface area contributed by atoms with Crippen molar-refractivity contribution in [3.63, 3.8) is 0 Å². The molecule has 3 heteroatoms. The molecule has 3 rings (SSSR count). The van der Waals surface area contributed by atoms with Gasteiger partial charge >= 0.3 is 0 Å². The topological polar surface area (TPSA) is 43.7 Å². The number of aryl methyl sites for hydroxylation is 1. The van der Waals surface area contributed by atoms with Gasteiger partial charge in [-0.1, -0.05) is 32.0 Å². The summed E-state index contributed by atoms with van der Waals surface area (Å²) in [6.45, 7) is 5.40. The molecule has 0 aromatic heterocycles. The Bertz CT molecular complexity index is 694. The van der Waals surface area contributed by atoms with Crippen molar-refractivity contribution in [1.82, 2.24) is 0 Å². The molecule has 0 amide bonds. The molecule has 1 aliphatic rings. The molecule has 1 fully saturated rings. The van der Waals surface area contributed by atoms with Crippen molar-refractivity contribution in [1.29, 1.82) is 0 Å². The SMILES string of the molecule is CC(C)CCc1ccc(N2CCCC[C@H]2c2ccc(O)cc2)c(O)c1. The molecule has 0 spiro atoms. The zero-order chi connectivity index (χ0) is 17.8. The van der Waals surface area contributed by atoms with Gasteiger partial charge in [0.25, 0.3) is 0 Å². The molecule has 1 aliphatic heterocycles. The molecule has 3 nitrogen and oxygen atoms in total. The van der Waals surface area contributed by atoms with Crippen LogP contribution in [0.15, 0.2) is 42.5 Å². The summed E-state index contributed by atoms with van der Waals surface area (Å²) in [7, 11) is 0. The van der Waals surface area contributed by atoms with E-state index in [1.807, 2.05) is 18.2 Å². The van der Waals surface area contributed by atoms with E-state index in [9.17, 15) is 10.2 Å². The lowest BCUT2D eigenvalue weighted by Gasteiger charge is -2.38. The van der Waals surface area contributed by atoms with Gasteiger partial charge in [-0.15, -0.1) is 0 Å². The third-order valence-corrected chi connectivity index (χ3v) is 5.14. The molecule has 2 aromatic rings. The number of nitrogens with zero attached hydrogens (tertiary/aromatic N) is 1. The van der Waals surface area contributed by atoms with Crippen molar-refractivity contribution in [3.8, 4) is 11.5 Å². The van der Waals surface area contributed by atoms with Crippen molar-refractivity contribution in [2.24, 2.45) is 5.92 Å². The molecule has 2 aromatic carbocycles. The highest BCUT2D eigenvalue weighted by Crippen LogP contribution is 2.39. The number of rotatable bonds is 5. The van der Waals surface area contributed by atoms with E-state index in [2.05, 4.69) is 30.9 Å². The van der Waals surface area contributed by atoms with Crippen molar-refractivity contribution in [2.75, 3.05) is 11.4 Å². The molecule has 0 unspecified atom stereocenters. The summed E-state index contributed by atoms with van der Waals surface area (Å²) in [6.07, 6.45) is 5.54. The van der Waals surface area contributed by atoms with E-state index in [-0.39, 0.29) is 6.04 Å². The van der Waals surface area contributed by atoms with Gasteiger partial charge in [0.2, 0.25) is 0 Å². The molecular formula is C22H29NO2. The first-order chi connectivity index (χ1) is 12.0. The molecule has 0 radical (unpaired) electrons. The number of phenolic OH excluding ortho intramolecular Hbond substituents is 2. The lowest BCUT2D eigenvalue weighted by molar-refractivity contribution is 0.443. The maximum Gasteiger partial charge on any atom is 0.139 e. The highest BCUT2D eigenvalue weighted by atomic mass is 16.3. The van der Waals surface area contributed by atoms with Crippen LogP contribution in [0, 0.1) is 5.92 Å². The first kappa shape index (κ1) is 17.7. The van der Waals surface area contributed by atoms with Crippen molar-refractivity contribution in [2.45, 2.75) is 52.0 Å². The van der Waals surface area contributed by atoms with E-state index >= 15 is 0 Å². The highest BCUT2D eigenvalue weighted by molar-refractivity contribution is 5.60. The van der Waals surface area contributed by atoms with Crippen molar-refractivity contribution < 1.29 is 10.2 Å². The van der Waals surface area contributed by atoms with Gasteiger partial charge in [0, 0.05) is 6.54 Å². The molecular weight excluding hydrogens is 310 g/mol. The minimum absolute atomic E-state index is 0.252. The molecule has 1 atom stereocenters. The van der Waals surface area contributed by atoms with Crippen LogP contribution >= 0.6 is 0 Å². The smallest absolute Gasteiger partial charge is 0.139 e. The maximum absolute atomic E-state index is 10.6. The van der Waals surface area contributed by atoms with E-state index in [1.165, 1.54) is 17.5 Å². The number of piperidine rings is 1. The second kappa shape index (κ2) is 7.81. The predicted molar refractivity (Wildman–Crippen MR) is 103 cm³/mol. The van der Waals surface area contributed by atoms with E-state index in [4.69, 9.17) is 0 Å². The van der Waals surface area contributed by atoms with Crippen LogP contribution in [0.5, 0.6) is 11.5 Å². The van der Waals surface area contributed by atoms with Crippen LogP contribution in [0.1, 0.15) is 56.7 Å². The van der Waals surface area contributed by atoms with E-state index in [0.717, 1.165) is 37.9 Å². The van der Waals surface area contributed by atoms with Gasteiger partial charge in [-0.25, -0.2) is 0 Å². The largest absolute Gasteiger partial charge is 0.508 e. The first-order valence-electron chi connectivity index (χ1n) is 9.42.